The molecule has 0 aliphatic heterocycles. The summed E-state index contributed by atoms with van der Waals surface area (Å²) in [6.07, 6.45) is 3.38. The number of unbranched alkanes of at least 4 members (excludes halogenated alkanes) is 1. The smallest absolute Gasteiger partial charge is 0.191 e. The van der Waals surface area contributed by atoms with Gasteiger partial charge in [0, 0.05) is 26.2 Å². The van der Waals surface area contributed by atoms with Gasteiger partial charge in [0.25, 0.3) is 0 Å². The van der Waals surface area contributed by atoms with Crippen molar-refractivity contribution < 1.29 is 9.47 Å². The molecular weight excluding hydrogens is 304 g/mol. The van der Waals surface area contributed by atoms with E-state index in [0.29, 0.717) is 19.8 Å². The zero-order chi connectivity index (χ0) is 17.9. The molecule has 6 nitrogen and oxygen atoms in total. The first kappa shape index (κ1) is 23.1. The summed E-state index contributed by atoms with van der Waals surface area (Å²) in [4.78, 5) is 7.03. The van der Waals surface area contributed by atoms with Crippen LogP contribution >= 0.6 is 0 Å². The molecule has 0 fully saturated rings. The van der Waals surface area contributed by atoms with Gasteiger partial charge in [-0.2, -0.15) is 0 Å². The van der Waals surface area contributed by atoms with E-state index in [2.05, 4.69) is 48.2 Å². The van der Waals surface area contributed by atoms with Crippen molar-refractivity contribution >= 4 is 5.96 Å². The van der Waals surface area contributed by atoms with E-state index >= 15 is 0 Å². The van der Waals surface area contributed by atoms with Crippen molar-refractivity contribution in [3.05, 3.63) is 0 Å². The lowest BCUT2D eigenvalue weighted by Gasteiger charge is -2.17. The molecule has 0 heterocycles. The van der Waals surface area contributed by atoms with Crippen LogP contribution in [0.25, 0.3) is 0 Å². The van der Waals surface area contributed by atoms with Crippen molar-refractivity contribution in [2.45, 2.75) is 47.0 Å². The Morgan fingerprint density at radius 1 is 0.875 bits per heavy atom. The molecule has 0 radical (unpaired) electrons. The Bertz CT molecular complexity index is 284. The number of rotatable bonds is 16. The van der Waals surface area contributed by atoms with E-state index in [1.54, 1.807) is 0 Å². The van der Waals surface area contributed by atoms with Crippen LogP contribution in [0, 0.1) is 0 Å². The van der Waals surface area contributed by atoms with Gasteiger partial charge in [-0.1, -0.05) is 27.2 Å². The summed E-state index contributed by atoms with van der Waals surface area (Å²) in [7, 11) is 0. The Morgan fingerprint density at radius 3 is 2.21 bits per heavy atom. The molecule has 6 heteroatoms. The average Bonchev–Trinajstić information content (AvgIpc) is 2.60. The standard InChI is InChI=1S/C18H40N4O2/c1-5-9-14-23-16-17-24-15-12-21-18(19-6-2)20-11-10-13-22(7-3)8-4/h5-17H2,1-4H3,(H2,19,20,21). The van der Waals surface area contributed by atoms with Crippen molar-refractivity contribution in [3.63, 3.8) is 0 Å². The highest BCUT2D eigenvalue weighted by molar-refractivity contribution is 5.79. The molecule has 0 aromatic rings. The van der Waals surface area contributed by atoms with Gasteiger partial charge in [0.1, 0.15) is 0 Å². The van der Waals surface area contributed by atoms with Gasteiger partial charge < -0.3 is 25.0 Å². The van der Waals surface area contributed by atoms with Gasteiger partial charge in [0.2, 0.25) is 0 Å². The third-order valence-electron chi connectivity index (χ3n) is 3.69. The Balaban J connectivity index is 3.69. The van der Waals surface area contributed by atoms with Crippen LogP contribution in [0.4, 0.5) is 0 Å². The summed E-state index contributed by atoms with van der Waals surface area (Å²) in [6.45, 7) is 17.3. The molecule has 0 spiro atoms. The number of ether oxygens (including phenoxy) is 2. The molecule has 0 atom stereocenters. The van der Waals surface area contributed by atoms with Crippen molar-refractivity contribution in [2.75, 3.05) is 65.7 Å². The molecule has 0 rings (SSSR count). The maximum absolute atomic E-state index is 5.55. The van der Waals surface area contributed by atoms with Gasteiger partial charge in [0.05, 0.1) is 19.8 Å². The second-order valence-electron chi connectivity index (χ2n) is 5.65. The van der Waals surface area contributed by atoms with Crippen LogP contribution in [0.3, 0.4) is 0 Å². The maximum atomic E-state index is 5.55. The number of nitrogens with zero attached hydrogens (tertiary/aromatic N) is 2. The lowest BCUT2D eigenvalue weighted by Crippen LogP contribution is -2.39. The summed E-state index contributed by atoms with van der Waals surface area (Å²) < 4.78 is 11.0. The van der Waals surface area contributed by atoms with Gasteiger partial charge in [-0.3, -0.25) is 4.99 Å². The molecule has 2 N–H and O–H groups in total. The molecule has 0 saturated carbocycles. The highest BCUT2D eigenvalue weighted by atomic mass is 16.5. The van der Waals surface area contributed by atoms with Gasteiger partial charge in [-0.05, 0) is 39.4 Å². The summed E-state index contributed by atoms with van der Waals surface area (Å²) in [6, 6.07) is 0. The Labute approximate surface area is 149 Å². The summed E-state index contributed by atoms with van der Waals surface area (Å²) in [5.74, 6) is 0.875. The van der Waals surface area contributed by atoms with Gasteiger partial charge in [0.15, 0.2) is 5.96 Å². The van der Waals surface area contributed by atoms with E-state index in [4.69, 9.17) is 9.47 Å². The molecule has 0 amide bonds. The third kappa shape index (κ3) is 14.7. The van der Waals surface area contributed by atoms with E-state index in [1.165, 1.54) is 6.42 Å². The highest BCUT2D eigenvalue weighted by Gasteiger charge is 1.99. The summed E-state index contributed by atoms with van der Waals surface area (Å²) in [5, 5.41) is 6.58. The quantitative estimate of drug-likeness (QED) is 0.255. The van der Waals surface area contributed by atoms with E-state index in [1.807, 2.05) is 0 Å². The van der Waals surface area contributed by atoms with Crippen LogP contribution < -0.4 is 10.6 Å². The van der Waals surface area contributed by atoms with E-state index in [-0.39, 0.29) is 0 Å². The van der Waals surface area contributed by atoms with Gasteiger partial charge in [-0.25, -0.2) is 0 Å². The predicted octanol–water partition coefficient (Wildman–Crippen LogP) is 2.11. The minimum atomic E-state index is 0.656. The van der Waals surface area contributed by atoms with Crippen molar-refractivity contribution in [3.8, 4) is 0 Å². The SMILES string of the molecule is CCCCOCCOCCNC(=NCCCN(CC)CC)NCC. The first-order valence-electron chi connectivity index (χ1n) is 9.68. The van der Waals surface area contributed by atoms with Crippen LogP contribution in [0.2, 0.25) is 0 Å². The first-order valence-corrected chi connectivity index (χ1v) is 9.68. The monoisotopic (exact) mass is 344 g/mol. The molecule has 0 aliphatic carbocycles. The Hall–Kier alpha value is -0.850. The minimum absolute atomic E-state index is 0.656. The normalized spacial score (nSPS) is 12.0. The van der Waals surface area contributed by atoms with Crippen molar-refractivity contribution in [2.24, 2.45) is 4.99 Å². The molecule has 24 heavy (non-hydrogen) atoms. The zero-order valence-corrected chi connectivity index (χ0v) is 16.4. The second kappa shape index (κ2) is 18.5. The number of nitrogens with one attached hydrogen (secondary N) is 2. The molecule has 0 saturated heterocycles. The first-order chi connectivity index (χ1) is 11.8. The van der Waals surface area contributed by atoms with Crippen LogP contribution in [0.15, 0.2) is 4.99 Å². The number of guanidine groups is 1. The largest absolute Gasteiger partial charge is 0.379 e. The van der Waals surface area contributed by atoms with E-state index in [9.17, 15) is 0 Å². The van der Waals surface area contributed by atoms with Crippen LogP contribution in [-0.4, -0.2) is 76.6 Å². The molecule has 0 unspecified atom stereocenters. The molecule has 0 aromatic heterocycles. The molecule has 0 aromatic carbocycles. The molecular formula is C18H40N4O2. The van der Waals surface area contributed by atoms with Crippen molar-refractivity contribution in [1.29, 1.82) is 0 Å². The number of hydrogen-bond acceptors (Lipinski definition) is 4. The fourth-order valence-corrected chi connectivity index (χ4v) is 2.18. The lowest BCUT2D eigenvalue weighted by atomic mass is 10.4. The maximum Gasteiger partial charge on any atom is 0.191 e. The van der Waals surface area contributed by atoms with Crippen LogP contribution in [0.5, 0.6) is 0 Å². The van der Waals surface area contributed by atoms with E-state index in [0.717, 1.165) is 64.7 Å². The van der Waals surface area contributed by atoms with Gasteiger partial charge >= 0.3 is 0 Å². The number of aliphatic imine (C=N–C) groups is 1. The van der Waals surface area contributed by atoms with Crippen LogP contribution in [-0.2, 0) is 9.47 Å². The van der Waals surface area contributed by atoms with Crippen LogP contribution in [0.1, 0.15) is 47.0 Å². The molecule has 144 valence electrons. The molecule has 0 aliphatic rings. The summed E-state index contributed by atoms with van der Waals surface area (Å²) >= 11 is 0. The lowest BCUT2D eigenvalue weighted by molar-refractivity contribution is 0.0487. The third-order valence-corrected chi connectivity index (χ3v) is 3.69. The second-order valence-corrected chi connectivity index (χ2v) is 5.65. The number of hydrogen-bond donors (Lipinski definition) is 2. The fraction of sp³-hybridized carbons (Fsp3) is 0.944. The van der Waals surface area contributed by atoms with E-state index < -0.39 is 0 Å². The highest BCUT2D eigenvalue weighted by Crippen LogP contribution is 1.91. The zero-order valence-electron chi connectivity index (χ0n) is 16.4. The predicted molar refractivity (Wildman–Crippen MR) is 103 cm³/mol. The summed E-state index contributed by atoms with van der Waals surface area (Å²) in [5.41, 5.74) is 0. The Morgan fingerprint density at radius 2 is 1.58 bits per heavy atom. The fourth-order valence-electron chi connectivity index (χ4n) is 2.18. The van der Waals surface area contributed by atoms with Gasteiger partial charge in [-0.15, -0.1) is 0 Å². The van der Waals surface area contributed by atoms with Crippen molar-refractivity contribution in [1.82, 2.24) is 15.5 Å². The Kier molecular flexibility index (Phi) is 17.8. The topological polar surface area (TPSA) is 58.1 Å². The average molecular weight is 345 g/mol. The minimum Gasteiger partial charge on any atom is -0.379 e. The molecule has 0 bridgehead atoms.